The minimum absolute atomic E-state index is 0.695. The molecular weight excluding hydrogens is 298 g/mol. The van der Waals surface area contributed by atoms with E-state index in [-0.39, 0.29) is 0 Å². The van der Waals surface area contributed by atoms with E-state index in [1.165, 1.54) is 5.56 Å². The van der Waals surface area contributed by atoms with Crippen molar-refractivity contribution in [3.05, 3.63) is 59.1 Å². The van der Waals surface area contributed by atoms with E-state index in [0.29, 0.717) is 5.22 Å². The van der Waals surface area contributed by atoms with Crippen LogP contribution in [0.4, 0.5) is 0 Å². The average Bonchev–Trinajstić information content (AvgIpc) is 2.83. The predicted octanol–water partition coefficient (Wildman–Crippen LogP) is 5.42. The number of hydrogen-bond acceptors (Lipinski definition) is 4. The van der Waals surface area contributed by atoms with Crippen molar-refractivity contribution in [1.29, 1.82) is 0 Å². The van der Waals surface area contributed by atoms with Crippen molar-refractivity contribution >= 4 is 44.3 Å². The Morgan fingerprint density at radius 2 is 1.84 bits per heavy atom. The van der Waals surface area contributed by atoms with E-state index in [0.717, 1.165) is 21.9 Å². The summed E-state index contributed by atoms with van der Waals surface area (Å²) >= 11 is 5.85. The van der Waals surface area contributed by atoms with E-state index < -0.39 is 0 Å². The molecule has 0 atom stereocenters. The number of aromatic nitrogens is 1. The largest absolute Gasteiger partial charge is 0.431 e. The average molecular weight is 308 g/mol. The van der Waals surface area contributed by atoms with Gasteiger partial charge in [-0.15, -0.1) is 0 Å². The van der Waals surface area contributed by atoms with E-state index >= 15 is 0 Å². The van der Waals surface area contributed by atoms with Gasteiger partial charge >= 0.3 is 0 Å². The van der Waals surface area contributed by atoms with Gasteiger partial charge in [0, 0.05) is 21.6 Å². The second-order valence-corrected chi connectivity index (χ2v) is 6.60. The first kappa shape index (κ1) is 12.9. The third kappa shape index (κ3) is 3.26. The maximum absolute atomic E-state index is 5.85. The first-order valence-corrected chi connectivity index (χ1v) is 8.40. The number of rotatable bonds is 4. The fourth-order valence-electron chi connectivity index (χ4n) is 1.62. The van der Waals surface area contributed by atoms with Crippen LogP contribution >= 0.6 is 33.2 Å². The van der Waals surface area contributed by atoms with Crippen molar-refractivity contribution in [3.8, 4) is 0 Å². The normalized spacial score (nSPS) is 11.0. The minimum Gasteiger partial charge on any atom is -0.431 e. The molecular formula is C14H10ClNOS2. The van der Waals surface area contributed by atoms with Crippen molar-refractivity contribution < 1.29 is 4.42 Å². The minimum atomic E-state index is 0.695. The lowest BCUT2D eigenvalue weighted by Gasteiger charge is -1.98. The van der Waals surface area contributed by atoms with Crippen LogP contribution in [0.3, 0.4) is 0 Å². The molecule has 0 amide bonds. The van der Waals surface area contributed by atoms with Gasteiger partial charge in [-0.25, -0.2) is 4.98 Å². The van der Waals surface area contributed by atoms with Crippen molar-refractivity contribution in [3.63, 3.8) is 0 Å². The molecule has 2 aromatic carbocycles. The van der Waals surface area contributed by atoms with Gasteiger partial charge in [0.15, 0.2) is 5.58 Å². The molecule has 0 aliphatic heterocycles. The van der Waals surface area contributed by atoms with Crippen LogP contribution in [0, 0.1) is 0 Å². The highest BCUT2D eigenvalue weighted by molar-refractivity contribution is 8.76. The molecule has 0 fully saturated rings. The summed E-state index contributed by atoms with van der Waals surface area (Å²) in [6, 6.07) is 15.7. The van der Waals surface area contributed by atoms with Gasteiger partial charge in [-0.2, -0.15) is 0 Å². The van der Waals surface area contributed by atoms with Crippen LogP contribution in [0.25, 0.3) is 11.1 Å². The zero-order chi connectivity index (χ0) is 13.1. The summed E-state index contributed by atoms with van der Waals surface area (Å²) in [4.78, 5) is 4.41. The Morgan fingerprint density at radius 3 is 2.63 bits per heavy atom. The molecule has 1 heterocycles. The van der Waals surface area contributed by atoms with Crippen molar-refractivity contribution in [1.82, 2.24) is 4.98 Å². The van der Waals surface area contributed by atoms with Gasteiger partial charge in [-0.1, -0.05) is 46.7 Å². The van der Waals surface area contributed by atoms with E-state index in [4.69, 9.17) is 16.0 Å². The highest BCUT2D eigenvalue weighted by Crippen LogP contribution is 2.34. The topological polar surface area (TPSA) is 26.0 Å². The Bertz CT molecular complexity index is 648. The molecule has 5 heteroatoms. The molecule has 3 rings (SSSR count). The Morgan fingerprint density at radius 1 is 1.05 bits per heavy atom. The Labute approximate surface area is 123 Å². The van der Waals surface area contributed by atoms with E-state index in [1.807, 2.05) is 48.5 Å². The highest BCUT2D eigenvalue weighted by atomic mass is 35.5. The van der Waals surface area contributed by atoms with Gasteiger partial charge in [0.2, 0.25) is 0 Å². The number of oxazole rings is 1. The van der Waals surface area contributed by atoms with Gasteiger partial charge < -0.3 is 4.42 Å². The van der Waals surface area contributed by atoms with Crippen molar-refractivity contribution in [2.75, 3.05) is 0 Å². The van der Waals surface area contributed by atoms with E-state index in [2.05, 4.69) is 4.98 Å². The standard InChI is InChI=1S/C14H10ClNOS2/c15-11-7-5-10(6-8-11)9-18-19-14-16-12-3-1-2-4-13(12)17-14/h1-8H,9H2. The van der Waals surface area contributed by atoms with Crippen LogP contribution in [0.1, 0.15) is 5.56 Å². The zero-order valence-electron chi connectivity index (χ0n) is 9.88. The molecule has 0 radical (unpaired) electrons. The van der Waals surface area contributed by atoms with Gasteiger partial charge in [0.1, 0.15) is 5.52 Å². The molecule has 0 N–H and O–H groups in total. The summed E-state index contributed by atoms with van der Waals surface area (Å²) in [6.45, 7) is 0. The predicted molar refractivity (Wildman–Crippen MR) is 82.6 cm³/mol. The zero-order valence-corrected chi connectivity index (χ0v) is 12.3. The van der Waals surface area contributed by atoms with Crippen LogP contribution in [-0.2, 0) is 5.75 Å². The monoisotopic (exact) mass is 307 g/mol. The number of benzene rings is 2. The fraction of sp³-hybridized carbons (Fsp3) is 0.0714. The maximum atomic E-state index is 5.85. The Balaban J connectivity index is 1.61. The van der Waals surface area contributed by atoms with E-state index in [1.54, 1.807) is 21.6 Å². The molecule has 96 valence electrons. The van der Waals surface area contributed by atoms with Crippen LogP contribution < -0.4 is 0 Å². The number of halogens is 1. The molecule has 2 nitrogen and oxygen atoms in total. The molecule has 0 saturated heterocycles. The number of hydrogen-bond donors (Lipinski definition) is 0. The summed E-state index contributed by atoms with van der Waals surface area (Å²) < 4.78 is 5.63. The van der Waals surface area contributed by atoms with Gasteiger partial charge in [-0.3, -0.25) is 0 Å². The number of para-hydroxylation sites is 2. The molecule has 0 aliphatic carbocycles. The lowest BCUT2D eigenvalue weighted by molar-refractivity contribution is 0.491. The maximum Gasteiger partial charge on any atom is 0.267 e. The lowest BCUT2D eigenvalue weighted by Crippen LogP contribution is -1.77. The first-order valence-electron chi connectivity index (χ1n) is 5.71. The summed E-state index contributed by atoms with van der Waals surface area (Å²) in [6.07, 6.45) is 0. The molecule has 1 aromatic heterocycles. The Hall–Kier alpha value is -1.10. The van der Waals surface area contributed by atoms with Crippen molar-refractivity contribution in [2.24, 2.45) is 0 Å². The molecule has 0 unspecified atom stereocenters. The third-order valence-electron chi connectivity index (χ3n) is 2.54. The van der Waals surface area contributed by atoms with Gasteiger partial charge in [0.25, 0.3) is 5.22 Å². The summed E-state index contributed by atoms with van der Waals surface area (Å²) in [7, 11) is 3.25. The van der Waals surface area contributed by atoms with Gasteiger partial charge in [-0.05, 0) is 29.8 Å². The van der Waals surface area contributed by atoms with Crippen LogP contribution in [0.15, 0.2) is 58.2 Å². The van der Waals surface area contributed by atoms with Crippen molar-refractivity contribution in [2.45, 2.75) is 11.0 Å². The number of nitrogens with zero attached hydrogens (tertiary/aromatic N) is 1. The van der Waals surface area contributed by atoms with Crippen LogP contribution in [0.2, 0.25) is 5.02 Å². The summed E-state index contributed by atoms with van der Waals surface area (Å²) in [5.74, 6) is 0.889. The Kier molecular flexibility index (Phi) is 4.01. The molecule has 19 heavy (non-hydrogen) atoms. The SMILES string of the molecule is Clc1ccc(CSSc2nc3ccccc3o2)cc1. The summed E-state index contributed by atoms with van der Waals surface area (Å²) in [5.41, 5.74) is 2.96. The third-order valence-corrected chi connectivity index (χ3v) is 4.82. The van der Waals surface area contributed by atoms with Crippen LogP contribution in [-0.4, -0.2) is 4.98 Å². The molecule has 3 aromatic rings. The molecule has 0 bridgehead atoms. The second kappa shape index (κ2) is 5.90. The number of fused-ring (bicyclic) bond motifs is 1. The first-order chi connectivity index (χ1) is 9.31. The van der Waals surface area contributed by atoms with Crippen LogP contribution in [0.5, 0.6) is 0 Å². The molecule has 0 saturated carbocycles. The lowest BCUT2D eigenvalue weighted by atomic mass is 10.2. The molecule has 0 aliphatic rings. The quantitative estimate of drug-likeness (QED) is 0.601. The van der Waals surface area contributed by atoms with E-state index in [9.17, 15) is 0 Å². The molecule has 0 spiro atoms. The van der Waals surface area contributed by atoms with Gasteiger partial charge in [0.05, 0.1) is 0 Å². The summed E-state index contributed by atoms with van der Waals surface area (Å²) in [5, 5.41) is 1.46. The fourth-order valence-corrected chi connectivity index (χ4v) is 3.59. The second-order valence-electron chi connectivity index (χ2n) is 3.92. The highest BCUT2D eigenvalue weighted by Gasteiger charge is 2.05. The smallest absolute Gasteiger partial charge is 0.267 e.